The van der Waals surface area contributed by atoms with Crippen LogP contribution in [0.5, 0.6) is 0 Å². The molecule has 0 bridgehead atoms. The average molecular weight is 486 g/mol. The van der Waals surface area contributed by atoms with E-state index < -0.39 is 41.2 Å². The Morgan fingerprint density at radius 3 is 2.12 bits per heavy atom. The number of alkyl halides is 5. The molecule has 0 fully saturated rings. The lowest BCUT2D eigenvalue weighted by molar-refractivity contribution is -0.137. The number of carbonyl (C=O) groups excluding carboxylic acids is 1. The highest BCUT2D eigenvalue weighted by atomic mass is 35.5. The van der Waals surface area contributed by atoms with Crippen LogP contribution in [0.15, 0.2) is 71.6 Å². The van der Waals surface area contributed by atoms with Crippen molar-refractivity contribution in [1.29, 1.82) is 0 Å². The summed E-state index contributed by atoms with van der Waals surface area (Å²) in [7, 11) is 0. The van der Waals surface area contributed by atoms with Gasteiger partial charge in [-0.1, -0.05) is 48.0 Å². The second-order valence-corrected chi connectivity index (χ2v) is 8.14. The number of rotatable bonds is 6. The maximum absolute atomic E-state index is 14.7. The van der Waals surface area contributed by atoms with Crippen molar-refractivity contribution in [1.82, 2.24) is 5.32 Å². The van der Waals surface area contributed by atoms with Crippen LogP contribution in [-0.4, -0.2) is 18.7 Å². The normalized spacial score (nSPS) is 12.0. The Bertz CT molecular complexity index is 1120. The van der Waals surface area contributed by atoms with Crippen molar-refractivity contribution in [2.45, 2.75) is 17.0 Å². The first-order valence-corrected chi connectivity index (χ1v) is 10.9. The van der Waals surface area contributed by atoms with Crippen molar-refractivity contribution in [3.63, 3.8) is 0 Å². The summed E-state index contributed by atoms with van der Waals surface area (Å²) in [6, 6.07) is 15.5. The van der Waals surface area contributed by atoms with Crippen molar-refractivity contribution < 1.29 is 26.7 Å². The molecule has 0 aliphatic rings. The van der Waals surface area contributed by atoms with Crippen LogP contribution in [0.25, 0.3) is 11.1 Å². The zero-order chi connectivity index (χ0) is 23.5. The number of halogens is 6. The van der Waals surface area contributed by atoms with E-state index in [2.05, 4.69) is 0 Å². The molecule has 3 rings (SSSR count). The quantitative estimate of drug-likeness (QED) is 0.294. The van der Waals surface area contributed by atoms with Gasteiger partial charge in [0.2, 0.25) is 0 Å². The molecule has 2 nitrogen and oxygen atoms in total. The van der Waals surface area contributed by atoms with E-state index in [-0.39, 0.29) is 5.02 Å². The maximum Gasteiger partial charge on any atom is 0.417 e. The van der Waals surface area contributed by atoms with Gasteiger partial charge in [0.05, 0.1) is 22.7 Å². The minimum Gasteiger partial charge on any atom is -0.346 e. The Labute approximate surface area is 190 Å². The van der Waals surface area contributed by atoms with E-state index >= 15 is 0 Å². The molecule has 0 aliphatic heterocycles. The molecule has 1 N–H and O–H groups in total. The highest BCUT2D eigenvalue weighted by Gasteiger charge is 2.37. The predicted octanol–water partition coefficient (Wildman–Crippen LogP) is 7.27. The largest absolute Gasteiger partial charge is 0.417 e. The van der Waals surface area contributed by atoms with E-state index in [1.165, 1.54) is 18.2 Å². The van der Waals surface area contributed by atoms with Gasteiger partial charge < -0.3 is 5.32 Å². The van der Waals surface area contributed by atoms with E-state index in [1.807, 2.05) is 35.8 Å². The summed E-state index contributed by atoms with van der Waals surface area (Å²) in [6.45, 7) is -1.21. The number of benzene rings is 3. The Kier molecular flexibility index (Phi) is 7.15. The zero-order valence-corrected chi connectivity index (χ0v) is 18.2. The standard InChI is InChI=1S/C23H17ClF5NOS/c1-32-16-9-6-14(7-10-16)15-8-11-19(20(24)12-15)22(25,26)13-30-21(31)17-4-2-3-5-18(17)23(27,28)29/h2-12H,13H2,1H3,(H,30,31). The third-order valence-corrected chi connectivity index (χ3v) is 5.79. The fourth-order valence-corrected chi connectivity index (χ4v) is 3.81. The van der Waals surface area contributed by atoms with Gasteiger partial charge in [-0.25, -0.2) is 0 Å². The number of hydrogen-bond acceptors (Lipinski definition) is 2. The van der Waals surface area contributed by atoms with E-state index in [0.29, 0.717) is 11.6 Å². The van der Waals surface area contributed by atoms with E-state index in [0.717, 1.165) is 28.7 Å². The van der Waals surface area contributed by atoms with Gasteiger partial charge in [0.1, 0.15) is 0 Å². The lowest BCUT2D eigenvalue weighted by Gasteiger charge is -2.20. The fraction of sp³-hybridized carbons (Fsp3) is 0.174. The van der Waals surface area contributed by atoms with E-state index in [4.69, 9.17) is 11.6 Å². The molecule has 0 atom stereocenters. The van der Waals surface area contributed by atoms with Gasteiger partial charge in [0.15, 0.2) is 0 Å². The summed E-state index contributed by atoms with van der Waals surface area (Å²) in [4.78, 5) is 13.2. The summed E-state index contributed by atoms with van der Waals surface area (Å²) in [5.74, 6) is -4.85. The summed E-state index contributed by atoms with van der Waals surface area (Å²) in [6.07, 6.45) is -2.85. The van der Waals surface area contributed by atoms with Gasteiger partial charge >= 0.3 is 6.18 Å². The van der Waals surface area contributed by atoms with Crippen LogP contribution in [0, 0.1) is 0 Å². The van der Waals surface area contributed by atoms with Gasteiger partial charge in [-0.15, -0.1) is 11.8 Å². The number of amides is 1. The van der Waals surface area contributed by atoms with Gasteiger partial charge in [-0.3, -0.25) is 4.79 Å². The second-order valence-electron chi connectivity index (χ2n) is 6.85. The zero-order valence-electron chi connectivity index (χ0n) is 16.6. The molecule has 3 aromatic rings. The van der Waals surface area contributed by atoms with Crippen LogP contribution in [0.4, 0.5) is 22.0 Å². The van der Waals surface area contributed by atoms with Crippen molar-refractivity contribution in [3.8, 4) is 11.1 Å². The summed E-state index contributed by atoms with van der Waals surface area (Å²) in [5.41, 5.74) is -1.04. The molecule has 3 aromatic carbocycles. The number of carbonyl (C=O) groups is 1. The molecule has 0 aromatic heterocycles. The van der Waals surface area contributed by atoms with Gasteiger partial charge in [-0.05, 0) is 47.7 Å². The molecule has 0 saturated carbocycles. The lowest BCUT2D eigenvalue weighted by Crippen LogP contribution is -2.36. The SMILES string of the molecule is CSc1ccc(-c2ccc(C(F)(F)CNC(=O)c3ccccc3C(F)(F)F)c(Cl)c2)cc1. The summed E-state index contributed by atoms with van der Waals surface area (Å²) >= 11 is 7.66. The Hall–Kier alpha value is -2.58. The van der Waals surface area contributed by atoms with E-state index in [1.54, 1.807) is 11.8 Å². The molecule has 168 valence electrons. The molecular weight excluding hydrogens is 469 g/mol. The molecule has 9 heteroatoms. The molecule has 0 aliphatic carbocycles. The van der Waals surface area contributed by atoms with Crippen molar-refractivity contribution in [3.05, 3.63) is 88.4 Å². The van der Waals surface area contributed by atoms with Crippen LogP contribution in [-0.2, 0) is 12.1 Å². The van der Waals surface area contributed by atoms with Crippen molar-refractivity contribution in [2.75, 3.05) is 12.8 Å². The maximum atomic E-state index is 14.7. The third kappa shape index (κ3) is 5.42. The molecule has 32 heavy (non-hydrogen) atoms. The van der Waals surface area contributed by atoms with Crippen LogP contribution < -0.4 is 5.32 Å². The van der Waals surface area contributed by atoms with Crippen LogP contribution >= 0.6 is 23.4 Å². The van der Waals surface area contributed by atoms with Crippen LogP contribution in [0.1, 0.15) is 21.5 Å². The number of nitrogens with one attached hydrogen (secondary N) is 1. The van der Waals surface area contributed by atoms with Gasteiger partial charge in [0.25, 0.3) is 11.8 Å². The summed E-state index contributed by atoms with van der Waals surface area (Å²) < 4.78 is 68.7. The van der Waals surface area contributed by atoms with Crippen molar-refractivity contribution in [2.24, 2.45) is 0 Å². The minimum atomic E-state index is -4.79. The van der Waals surface area contributed by atoms with E-state index in [9.17, 15) is 26.7 Å². The average Bonchev–Trinajstić information content (AvgIpc) is 2.76. The summed E-state index contributed by atoms with van der Waals surface area (Å²) in [5, 5.41) is 1.67. The van der Waals surface area contributed by atoms with Crippen molar-refractivity contribution >= 4 is 29.3 Å². The first-order chi connectivity index (χ1) is 15.0. The van der Waals surface area contributed by atoms with Crippen LogP contribution in [0.2, 0.25) is 5.02 Å². The fourth-order valence-electron chi connectivity index (χ4n) is 3.08. The molecule has 0 saturated heterocycles. The number of thioether (sulfide) groups is 1. The first kappa shape index (κ1) is 24.1. The molecule has 0 radical (unpaired) electrons. The first-order valence-electron chi connectivity index (χ1n) is 9.29. The Morgan fingerprint density at radius 1 is 0.906 bits per heavy atom. The van der Waals surface area contributed by atoms with Crippen LogP contribution in [0.3, 0.4) is 0 Å². The molecule has 0 unspecified atom stereocenters. The molecular formula is C23H17ClF5NOS. The predicted molar refractivity (Wildman–Crippen MR) is 116 cm³/mol. The Balaban J connectivity index is 1.77. The smallest absolute Gasteiger partial charge is 0.346 e. The minimum absolute atomic E-state index is 0.216. The molecule has 1 amide bonds. The topological polar surface area (TPSA) is 29.1 Å². The second kappa shape index (κ2) is 9.50. The molecule has 0 spiro atoms. The highest BCUT2D eigenvalue weighted by molar-refractivity contribution is 7.98. The number of hydrogen-bond donors (Lipinski definition) is 1. The lowest BCUT2D eigenvalue weighted by atomic mass is 10.0. The third-order valence-electron chi connectivity index (χ3n) is 4.73. The molecule has 0 heterocycles. The van der Waals surface area contributed by atoms with Gasteiger partial charge in [-0.2, -0.15) is 22.0 Å². The highest BCUT2D eigenvalue weighted by Crippen LogP contribution is 2.36. The Morgan fingerprint density at radius 2 is 1.53 bits per heavy atom. The monoisotopic (exact) mass is 485 g/mol. The van der Waals surface area contributed by atoms with Gasteiger partial charge in [0, 0.05) is 10.5 Å².